The van der Waals surface area contributed by atoms with Crippen LogP contribution in [0.15, 0.2) is 53.4 Å². The number of benzene rings is 3. The van der Waals surface area contributed by atoms with Gasteiger partial charge in [0.2, 0.25) is 17.4 Å². The van der Waals surface area contributed by atoms with E-state index in [4.69, 9.17) is 4.74 Å². The van der Waals surface area contributed by atoms with Crippen molar-refractivity contribution in [1.29, 1.82) is 0 Å². The van der Waals surface area contributed by atoms with Crippen LogP contribution in [0.4, 0.5) is 17.6 Å². The van der Waals surface area contributed by atoms with E-state index < -0.39 is 68.5 Å². The first-order valence-corrected chi connectivity index (χ1v) is 12.3. The third-order valence-corrected chi connectivity index (χ3v) is 7.45. The maximum atomic E-state index is 14.1. The normalized spacial score (nSPS) is 19.6. The maximum Gasteiger partial charge on any atom is 0.349 e. The summed E-state index contributed by atoms with van der Waals surface area (Å²) in [4.78, 5) is 22.7. The fourth-order valence-electron chi connectivity index (χ4n) is 5.15. The van der Waals surface area contributed by atoms with E-state index in [1.165, 1.54) is 0 Å². The van der Waals surface area contributed by atoms with Gasteiger partial charge in [-0.15, -0.1) is 0 Å². The van der Waals surface area contributed by atoms with Gasteiger partial charge < -0.3 is 14.0 Å². The van der Waals surface area contributed by atoms with Crippen LogP contribution in [0, 0.1) is 29.2 Å². The van der Waals surface area contributed by atoms with Gasteiger partial charge in [-0.2, -0.15) is 8.78 Å². The molecule has 0 aliphatic heterocycles. The molecule has 0 amide bonds. The molecule has 6 rings (SSSR count). The van der Waals surface area contributed by atoms with Crippen LogP contribution in [0.25, 0.3) is 0 Å². The Balaban J connectivity index is 1.34. The minimum atomic E-state index is -5.92. The molecular weight excluding hydrogens is 520 g/mol. The predicted octanol–water partition coefficient (Wildman–Crippen LogP) is 3.89. The lowest BCUT2D eigenvalue weighted by Crippen LogP contribution is -2.37. The average Bonchev–Trinajstić information content (AvgIpc) is 2.88. The van der Waals surface area contributed by atoms with Crippen molar-refractivity contribution in [2.75, 3.05) is 6.61 Å². The van der Waals surface area contributed by atoms with Gasteiger partial charge in [0.15, 0.2) is 18.2 Å². The summed E-state index contributed by atoms with van der Waals surface area (Å²) in [7, 11) is -5.92. The lowest BCUT2D eigenvalue weighted by Gasteiger charge is -2.44. The third kappa shape index (κ3) is 4.05. The van der Waals surface area contributed by atoms with E-state index in [0.717, 1.165) is 22.3 Å². The Morgan fingerprint density at radius 3 is 1.81 bits per heavy atom. The SMILES string of the molecule is O=C(COC(=O)C1CC2c3ccccc3C1c1ccccc12)Oc1c(F)c(F)c(S(=O)(=O)[O-])c(F)c1F. The lowest BCUT2D eigenvalue weighted by atomic mass is 9.59. The van der Waals surface area contributed by atoms with Gasteiger partial charge in [-0.1, -0.05) is 48.5 Å². The molecule has 3 aromatic carbocycles. The first kappa shape index (κ1) is 24.9. The van der Waals surface area contributed by atoms with Crippen molar-refractivity contribution in [2.45, 2.75) is 23.2 Å². The van der Waals surface area contributed by atoms with Crippen LogP contribution in [-0.4, -0.2) is 31.5 Å². The van der Waals surface area contributed by atoms with E-state index in [2.05, 4.69) is 4.74 Å². The van der Waals surface area contributed by atoms with Crippen molar-refractivity contribution in [1.82, 2.24) is 0 Å². The Bertz CT molecular complexity index is 1490. The van der Waals surface area contributed by atoms with Crippen LogP contribution >= 0.6 is 0 Å². The molecule has 0 heterocycles. The number of esters is 2. The van der Waals surface area contributed by atoms with Gasteiger partial charge in [0.25, 0.3) is 0 Å². The summed E-state index contributed by atoms with van der Waals surface area (Å²) in [6.07, 6.45) is 0.386. The van der Waals surface area contributed by atoms with Crippen molar-refractivity contribution in [3.05, 3.63) is 94.1 Å². The molecule has 0 fully saturated rings. The zero-order chi connectivity index (χ0) is 26.6. The Hall–Kier alpha value is -3.77. The zero-order valence-electron chi connectivity index (χ0n) is 18.5. The highest BCUT2D eigenvalue weighted by Crippen LogP contribution is 2.55. The zero-order valence-corrected chi connectivity index (χ0v) is 19.4. The van der Waals surface area contributed by atoms with Gasteiger partial charge in [0, 0.05) is 11.8 Å². The van der Waals surface area contributed by atoms with Crippen LogP contribution in [-0.2, 0) is 24.4 Å². The van der Waals surface area contributed by atoms with E-state index >= 15 is 0 Å². The quantitative estimate of drug-likeness (QED) is 0.160. The van der Waals surface area contributed by atoms with Crippen molar-refractivity contribution in [3.63, 3.8) is 0 Å². The molecule has 3 aromatic rings. The second-order valence-corrected chi connectivity index (χ2v) is 9.90. The highest BCUT2D eigenvalue weighted by atomic mass is 32.2. The Morgan fingerprint density at radius 2 is 1.32 bits per heavy atom. The summed E-state index contributed by atoms with van der Waals surface area (Å²) in [5.41, 5.74) is 4.03. The summed E-state index contributed by atoms with van der Waals surface area (Å²) in [5.74, 6) is -15.4. The number of rotatable bonds is 5. The minimum Gasteiger partial charge on any atom is -0.744 e. The topological polar surface area (TPSA) is 110 Å². The largest absolute Gasteiger partial charge is 0.744 e. The molecule has 0 N–H and O–H groups in total. The molecule has 192 valence electrons. The van der Waals surface area contributed by atoms with Crippen molar-refractivity contribution in [2.24, 2.45) is 5.92 Å². The Morgan fingerprint density at radius 1 is 0.838 bits per heavy atom. The fourth-order valence-corrected chi connectivity index (χ4v) is 5.77. The number of hydrogen-bond acceptors (Lipinski definition) is 7. The van der Waals surface area contributed by atoms with Gasteiger partial charge in [-0.3, -0.25) is 4.79 Å². The van der Waals surface area contributed by atoms with Crippen molar-refractivity contribution < 1.29 is 49.6 Å². The molecule has 7 nitrogen and oxygen atoms in total. The van der Waals surface area contributed by atoms with Crippen LogP contribution in [0.5, 0.6) is 5.75 Å². The van der Waals surface area contributed by atoms with Crippen molar-refractivity contribution in [3.8, 4) is 5.75 Å². The molecule has 0 saturated heterocycles. The van der Waals surface area contributed by atoms with Crippen molar-refractivity contribution >= 4 is 22.1 Å². The molecular formula is C25H15F4O7S-. The summed E-state index contributed by atoms with van der Waals surface area (Å²) in [5, 5.41) is 0. The van der Waals surface area contributed by atoms with Crippen LogP contribution in [0.1, 0.15) is 40.5 Å². The van der Waals surface area contributed by atoms with E-state index in [1.54, 1.807) is 0 Å². The molecule has 3 aliphatic rings. The smallest absolute Gasteiger partial charge is 0.349 e. The average molecular weight is 535 g/mol. The standard InChI is InChI=1S/C25H16F4O7S/c26-19-21(28)24(37(32,33)34)22(29)20(27)23(19)36-17(30)10-35-25(31)16-9-15-11-5-1-3-7-13(11)18(16)14-8-4-2-6-12(14)15/h1-8,15-16,18H,9-10H2,(H,32,33,34)/p-1. The maximum absolute atomic E-state index is 14.1. The summed E-state index contributed by atoms with van der Waals surface area (Å²) < 4.78 is 98.0. The minimum absolute atomic E-state index is 0.0909. The lowest BCUT2D eigenvalue weighted by molar-refractivity contribution is -0.158. The number of halogens is 4. The number of carbonyl (C=O) groups is 2. The summed E-state index contributed by atoms with van der Waals surface area (Å²) in [6.45, 7) is -1.15. The number of fused-ring (bicyclic) bond motifs is 1. The highest BCUT2D eigenvalue weighted by molar-refractivity contribution is 7.85. The molecule has 37 heavy (non-hydrogen) atoms. The molecule has 1 unspecified atom stereocenters. The summed E-state index contributed by atoms with van der Waals surface area (Å²) in [6, 6.07) is 15.2. The first-order chi connectivity index (χ1) is 17.5. The highest BCUT2D eigenvalue weighted by Gasteiger charge is 2.46. The fraction of sp³-hybridized carbons (Fsp3) is 0.200. The van der Waals surface area contributed by atoms with Gasteiger partial charge >= 0.3 is 11.9 Å². The monoisotopic (exact) mass is 535 g/mol. The second kappa shape index (κ2) is 8.96. The van der Waals surface area contributed by atoms with E-state index in [9.17, 15) is 40.1 Å². The number of hydrogen-bond donors (Lipinski definition) is 0. The predicted molar refractivity (Wildman–Crippen MR) is 116 cm³/mol. The van der Waals surface area contributed by atoms with Crippen LogP contribution in [0.2, 0.25) is 0 Å². The van der Waals surface area contributed by atoms with Crippen LogP contribution < -0.4 is 4.74 Å². The molecule has 0 saturated carbocycles. The van der Waals surface area contributed by atoms with E-state index in [1.807, 2.05) is 48.5 Å². The van der Waals surface area contributed by atoms with E-state index in [-0.39, 0.29) is 11.8 Å². The van der Waals surface area contributed by atoms with Gasteiger partial charge in [0.1, 0.15) is 15.0 Å². The van der Waals surface area contributed by atoms with Gasteiger partial charge in [-0.25, -0.2) is 22.0 Å². The van der Waals surface area contributed by atoms with E-state index in [0.29, 0.717) is 6.42 Å². The molecule has 3 aliphatic carbocycles. The molecule has 2 bridgehead atoms. The van der Waals surface area contributed by atoms with Gasteiger partial charge in [0.05, 0.1) is 5.92 Å². The van der Waals surface area contributed by atoms with Gasteiger partial charge in [-0.05, 0) is 28.7 Å². The third-order valence-electron chi connectivity index (χ3n) is 6.59. The second-order valence-electron chi connectivity index (χ2n) is 8.58. The number of carbonyl (C=O) groups excluding carboxylic acids is 2. The first-order valence-electron chi connectivity index (χ1n) is 10.9. The summed E-state index contributed by atoms with van der Waals surface area (Å²) >= 11 is 0. The molecule has 1 atom stereocenters. The Labute approximate surface area is 207 Å². The molecule has 0 radical (unpaired) electrons. The molecule has 12 heteroatoms. The Kier molecular flexibility index (Phi) is 6.03. The molecule has 0 aromatic heterocycles. The number of ether oxygens (including phenoxy) is 2. The molecule has 0 spiro atoms. The van der Waals surface area contributed by atoms with Crippen LogP contribution in [0.3, 0.4) is 0 Å².